The van der Waals surface area contributed by atoms with Crippen LogP contribution in [0.5, 0.6) is 0 Å². The maximum atomic E-state index is 3.30. The van der Waals surface area contributed by atoms with Crippen LogP contribution in [0.3, 0.4) is 0 Å². The zero-order valence-corrected chi connectivity index (χ0v) is 8.77. The standard InChI is InChI=1S/C8H17NS2/c1-10-3-2-4-11-7-8-5-9-6-8/h8-9H,2-7H2,1H3. The van der Waals surface area contributed by atoms with Crippen LogP contribution in [-0.2, 0) is 0 Å². The quantitative estimate of drug-likeness (QED) is 0.642. The lowest BCUT2D eigenvalue weighted by Crippen LogP contribution is -2.43. The molecule has 0 aromatic rings. The van der Waals surface area contributed by atoms with Crippen LogP contribution in [0.4, 0.5) is 0 Å². The van der Waals surface area contributed by atoms with Crippen LogP contribution in [0.1, 0.15) is 6.42 Å². The van der Waals surface area contributed by atoms with Gasteiger partial charge in [-0.25, -0.2) is 0 Å². The largest absolute Gasteiger partial charge is 0.316 e. The number of thioether (sulfide) groups is 2. The van der Waals surface area contributed by atoms with Gasteiger partial charge < -0.3 is 5.32 Å². The van der Waals surface area contributed by atoms with Gasteiger partial charge in [-0.15, -0.1) is 0 Å². The van der Waals surface area contributed by atoms with Gasteiger partial charge in [-0.1, -0.05) is 0 Å². The van der Waals surface area contributed by atoms with E-state index in [-0.39, 0.29) is 0 Å². The van der Waals surface area contributed by atoms with Crippen molar-refractivity contribution in [1.29, 1.82) is 0 Å². The van der Waals surface area contributed by atoms with Crippen LogP contribution in [0, 0.1) is 5.92 Å². The summed E-state index contributed by atoms with van der Waals surface area (Å²) in [6, 6.07) is 0. The van der Waals surface area contributed by atoms with E-state index >= 15 is 0 Å². The molecular formula is C8H17NS2. The van der Waals surface area contributed by atoms with E-state index in [4.69, 9.17) is 0 Å². The summed E-state index contributed by atoms with van der Waals surface area (Å²) in [6.45, 7) is 2.52. The van der Waals surface area contributed by atoms with Gasteiger partial charge in [0.25, 0.3) is 0 Å². The summed E-state index contributed by atoms with van der Waals surface area (Å²) in [5.74, 6) is 5.04. The van der Waals surface area contributed by atoms with Gasteiger partial charge in [-0.3, -0.25) is 0 Å². The van der Waals surface area contributed by atoms with E-state index in [9.17, 15) is 0 Å². The van der Waals surface area contributed by atoms with Crippen molar-refractivity contribution in [3.63, 3.8) is 0 Å². The van der Waals surface area contributed by atoms with Crippen molar-refractivity contribution in [3.05, 3.63) is 0 Å². The highest BCUT2D eigenvalue weighted by Gasteiger charge is 2.15. The van der Waals surface area contributed by atoms with E-state index in [2.05, 4.69) is 23.3 Å². The summed E-state index contributed by atoms with van der Waals surface area (Å²) < 4.78 is 0. The molecule has 0 unspecified atom stereocenters. The smallest absolute Gasteiger partial charge is 0.0000326 e. The van der Waals surface area contributed by atoms with E-state index in [1.54, 1.807) is 0 Å². The lowest BCUT2D eigenvalue weighted by molar-refractivity contribution is 0.385. The molecule has 0 aliphatic carbocycles. The zero-order chi connectivity index (χ0) is 7.94. The molecule has 66 valence electrons. The van der Waals surface area contributed by atoms with E-state index in [0.29, 0.717) is 0 Å². The third kappa shape index (κ3) is 4.28. The Morgan fingerprint density at radius 2 is 2.18 bits per heavy atom. The fraction of sp³-hybridized carbons (Fsp3) is 1.00. The summed E-state index contributed by atoms with van der Waals surface area (Å²) in [6.07, 6.45) is 3.56. The average Bonchev–Trinajstić information content (AvgIpc) is 1.93. The molecule has 0 bridgehead atoms. The highest BCUT2D eigenvalue weighted by Crippen LogP contribution is 2.13. The summed E-state index contributed by atoms with van der Waals surface area (Å²) in [5, 5.41) is 3.30. The van der Waals surface area contributed by atoms with Gasteiger partial charge in [-0.2, -0.15) is 23.5 Å². The fourth-order valence-corrected chi connectivity index (χ4v) is 2.72. The Bertz CT molecular complexity index is 94.1. The molecule has 0 radical (unpaired) electrons. The summed E-state index contributed by atoms with van der Waals surface area (Å²) in [7, 11) is 0. The Balaban J connectivity index is 1.73. The maximum absolute atomic E-state index is 3.30. The lowest BCUT2D eigenvalue weighted by atomic mass is 10.1. The van der Waals surface area contributed by atoms with Gasteiger partial charge in [0.15, 0.2) is 0 Å². The monoisotopic (exact) mass is 191 g/mol. The Labute approximate surface area is 78.1 Å². The van der Waals surface area contributed by atoms with Crippen molar-refractivity contribution in [2.75, 3.05) is 36.6 Å². The van der Waals surface area contributed by atoms with Crippen LogP contribution >= 0.6 is 23.5 Å². The van der Waals surface area contributed by atoms with Crippen molar-refractivity contribution in [2.45, 2.75) is 6.42 Å². The number of rotatable bonds is 6. The van der Waals surface area contributed by atoms with Crippen LogP contribution in [0.2, 0.25) is 0 Å². The van der Waals surface area contributed by atoms with E-state index < -0.39 is 0 Å². The molecule has 1 aliphatic rings. The van der Waals surface area contributed by atoms with Gasteiger partial charge in [0.05, 0.1) is 0 Å². The van der Waals surface area contributed by atoms with Crippen LogP contribution < -0.4 is 5.32 Å². The van der Waals surface area contributed by atoms with E-state index in [0.717, 1.165) is 5.92 Å². The van der Waals surface area contributed by atoms with Crippen molar-refractivity contribution in [1.82, 2.24) is 5.32 Å². The van der Waals surface area contributed by atoms with Crippen molar-refractivity contribution in [3.8, 4) is 0 Å². The van der Waals surface area contributed by atoms with Crippen LogP contribution in [-0.4, -0.2) is 36.6 Å². The SMILES string of the molecule is CSCCCSCC1CNC1. The molecule has 0 amide bonds. The van der Waals surface area contributed by atoms with Gasteiger partial charge in [-0.05, 0) is 48.9 Å². The number of hydrogen-bond acceptors (Lipinski definition) is 3. The summed E-state index contributed by atoms with van der Waals surface area (Å²) >= 11 is 4.08. The lowest BCUT2D eigenvalue weighted by Gasteiger charge is -2.26. The molecule has 1 saturated heterocycles. The van der Waals surface area contributed by atoms with E-state index in [1.807, 2.05) is 11.8 Å². The Hall–Kier alpha value is 0.660. The van der Waals surface area contributed by atoms with Gasteiger partial charge in [0, 0.05) is 0 Å². The molecule has 0 aromatic heterocycles. The minimum absolute atomic E-state index is 0.981. The number of hydrogen-bond donors (Lipinski definition) is 1. The molecule has 3 heteroatoms. The normalized spacial score (nSPS) is 18.3. The molecule has 1 fully saturated rings. The predicted octanol–water partition coefficient (Wildman–Crippen LogP) is 1.69. The molecule has 1 heterocycles. The van der Waals surface area contributed by atoms with Crippen molar-refractivity contribution >= 4 is 23.5 Å². The molecule has 0 atom stereocenters. The van der Waals surface area contributed by atoms with Crippen molar-refractivity contribution < 1.29 is 0 Å². The first-order valence-electron chi connectivity index (χ1n) is 4.21. The third-order valence-corrected chi connectivity index (χ3v) is 3.84. The molecule has 1 N–H and O–H groups in total. The fourth-order valence-electron chi connectivity index (χ4n) is 1.02. The predicted molar refractivity (Wildman–Crippen MR) is 56.7 cm³/mol. The minimum Gasteiger partial charge on any atom is -0.316 e. The van der Waals surface area contributed by atoms with Crippen LogP contribution in [0.15, 0.2) is 0 Å². The highest BCUT2D eigenvalue weighted by molar-refractivity contribution is 7.99. The van der Waals surface area contributed by atoms with Crippen molar-refractivity contribution in [2.24, 2.45) is 5.92 Å². The number of nitrogens with one attached hydrogen (secondary N) is 1. The second kappa shape index (κ2) is 6.21. The van der Waals surface area contributed by atoms with Gasteiger partial charge >= 0.3 is 0 Å². The maximum Gasteiger partial charge on any atom is -0.0000326 e. The Kier molecular flexibility index (Phi) is 5.50. The Morgan fingerprint density at radius 3 is 2.73 bits per heavy atom. The molecule has 1 aliphatic heterocycles. The third-order valence-electron chi connectivity index (χ3n) is 1.86. The van der Waals surface area contributed by atoms with E-state index in [1.165, 1.54) is 36.8 Å². The summed E-state index contributed by atoms with van der Waals surface area (Å²) in [4.78, 5) is 0. The van der Waals surface area contributed by atoms with Gasteiger partial charge in [0.1, 0.15) is 0 Å². The molecule has 1 rings (SSSR count). The first kappa shape index (κ1) is 9.75. The first-order valence-corrected chi connectivity index (χ1v) is 6.75. The second-order valence-electron chi connectivity index (χ2n) is 2.95. The van der Waals surface area contributed by atoms with Gasteiger partial charge in [0.2, 0.25) is 0 Å². The molecule has 1 nitrogen and oxygen atoms in total. The molecule has 0 aromatic carbocycles. The Morgan fingerprint density at radius 1 is 1.36 bits per heavy atom. The zero-order valence-electron chi connectivity index (χ0n) is 7.14. The average molecular weight is 191 g/mol. The summed E-state index contributed by atoms with van der Waals surface area (Å²) in [5.41, 5.74) is 0. The molecular weight excluding hydrogens is 174 g/mol. The van der Waals surface area contributed by atoms with Crippen LogP contribution in [0.25, 0.3) is 0 Å². The molecule has 0 saturated carbocycles. The molecule has 0 spiro atoms. The topological polar surface area (TPSA) is 12.0 Å². The minimum atomic E-state index is 0.981. The molecule has 11 heavy (non-hydrogen) atoms. The highest BCUT2D eigenvalue weighted by atomic mass is 32.2. The second-order valence-corrected chi connectivity index (χ2v) is 5.08. The first-order chi connectivity index (χ1) is 5.43.